The average Bonchev–Trinajstić information content (AvgIpc) is 2.68. The molecule has 9 heteroatoms. The van der Waals surface area contributed by atoms with Crippen molar-refractivity contribution in [1.29, 1.82) is 0 Å². The summed E-state index contributed by atoms with van der Waals surface area (Å²) < 4.78 is 33.3. The second-order valence-electron chi connectivity index (χ2n) is 4.25. The molecule has 4 atom stereocenters. The second-order valence-corrected chi connectivity index (χ2v) is 4.62. The Kier molecular flexibility index (Phi) is 3.75. The van der Waals surface area contributed by atoms with Crippen LogP contribution >= 0.6 is 12.2 Å². The molecule has 1 fully saturated rings. The lowest BCUT2D eigenvalue weighted by Gasteiger charge is -2.23. The first-order chi connectivity index (χ1) is 9.36. The third-order valence-electron chi connectivity index (χ3n) is 3.07. The fourth-order valence-electron chi connectivity index (χ4n) is 1.91. The number of aliphatic hydroxyl groups excluding tert-OH is 2. The van der Waals surface area contributed by atoms with Gasteiger partial charge in [0.15, 0.2) is 29.6 Å². The van der Waals surface area contributed by atoms with Crippen LogP contribution in [0.4, 0.5) is 14.6 Å². The van der Waals surface area contributed by atoms with Crippen LogP contribution in [0, 0.1) is 22.9 Å². The highest BCUT2D eigenvalue weighted by molar-refractivity contribution is 7.71. The maximum atomic E-state index is 14.1. The molecular formula is C11H11F2N3O3S. The maximum Gasteiger partial charge on any atom is 0.203 e. The van der Waals surface area contributed by atoms with Crippen molar-refractivity contribution in [2.75, 3.05) is 12.3 Å². The van der Waals surface area contributed by atoms with Gasteiger partial charge in [0.2, 0.25) is 4.77 Å². The number of anilines is 1. The van der Waals surface area contributed by atoms with E-state index >= 15 is 0 Å². The Morgan fingerprint density at radius 3 is 2.85 bits per heavy atom. The molecule has 0 aliphatic carbocycles. The van der Waals surface area contributed by atoms with Gasteiger partial charge in [0.1, 0.15) is 6.10 Å². The van der Waals surface area contributed by atoms with Crippen LogP contribution in [-0.4, -0.2) is 44.2 Å². The Hall–Kier alpha value is -1.60. The summed E-state index contributed by atoms with van der Waals surface area (Å²) in [4.78, 5) is 3.51. The van der Waals surface area contributed by atoms with Gasteiger partial charge in [-0.15, -0.1) is 6.42 Å². The van der Waals surface area contributed by atoms with E-state index in [9.17, 15) is 19.0 Å². The molecule has 1 saturated heterocycles. The number of aromatic nitrogens is 2. The van der Waals surface area contributed by atoms with Gasteiger partial charge in [0, 0.05) is 6.20 Å². The lowest BCUT2D eigenvalue weighted by atomic mass is 9.98. The van der Waals surface area contributed by atoms with Gasteiger partial charge >= 0.3 is 0 Å². The minimum atomic E-state index is -2.02. The van der Waals surface area contributed by atoms with Crippen LogP contribution in [-0.2, 0) is 4.74 Å². The van der Waals surface area contributed by atoms with Crippen molar-refractivity contribution in [3.63, 3.8) is 0 Å². The fraction of sp³-hybridized carbons (Fsp3) is 0.455. The first-order valence-corrected chi connectivity index (χ1v) is 5.90. The molecule has 0 aromatic carbocycles. The Balaban J connectivity index is 2.48. The minimum absolute atomic E-state index is 0.241. The molecule has 0 radical (unpaired) electrons. The number of hydrogen-bond donors (Lipinski definition) is 3. The van der Waals surface area contributed by atoms with E-state index in [0.29, 0.717) is 0 Å². The van der Waals surface area contributed by atoms with Crippen LogP contribution in [0.25, 0.3) is 0 Å². The highest BCUT2D eigenvalue weighted by Crippen LogP contribution is 2.38. The van der Waals surface area contributed by atoms with E-state index < -0.39 is 42.3 Å². The standard InChI is InChI=1S/C11H11F2N3O3S/c1-2-11(4-17)7(18)6(13)9(19-11)16-3-5(12)8(14)15-10(16)20/h1,3,6-7,9,17-18H,4H2,(H2,14,15,20)/t6-,7+,9+,11+/m0/s1. The largest absolute Gasteiger partial charge is 0.392 e. The molecule has 1 aliphatic heterocycles. The monoisotopic (exact) mass is 303 g/mol. The van der Waals surface area contributed by atoms with Gasteiger partial charge in [-0.05, 0) is 12.2 Å². The highest BCUT2D eigenvalue weighted by atomic mass is 32.1. The summed E-state index contributed by atoms with van der Waals surface area (Å²) in [5.41, 5.74) is 3.31. The number of nitrogens with two attached hydrogens (primary N) is 1. The SMILES string of the molecule is C#C[C@]1(CO)O[C@@H](n2cc(F)c(N)nc2=S)[C@@H](F)[C@H]1O. The van der Waals surface area contributed by atoms with Gasteiger partial charge in [-0.3, -0.25) is 4.57 Å². The summed E-state index contributed by atoms with van der Waals surface area (Å²) >= 11 is 4.84. The molecule has 1 aromatic heterocycles. The van der Waals surface area contributed by atoms with Crippen molar-refractivity contribution in [3.05, 3.63) is 16.8 Å². The summed E-state index contributed by atoms with van der Waals surface area (Å²) in [7, 11) is 0. The lowest BCUT2D eigenvalue weighted by Crippen LogP contribution is -2.44. The van der Waals surface area contributed by atoms with Crippen molar-refractivity contribution in [2.24, 2.45) is 0 Å². The number of alkyl halides is 1. The van der Waals surface area contributed by atoms with Crippen LogP contribution in [0.3, 0.4) is 0 Å². The molecule has 0 amide bonds. The van der Waals surface area contributed by atoms with Crippen molar-refractivity contribution in [3.8, 4) is 12.3 Å². The molecule has 0 bridgehead atoms. The van der Waals surface area contributed by atoms with Gasteiger partial charge < -0.3 is 20.7 Å². The zero-order valence-corrected chi connectivity index (χ0v) is 10.8. The van der Waals surface area contributed by atoms with E-state index in [0.717, 1.165) is 10.8 Å². The molecule has 0 unspecified atom stereocenters. The van der Waals surface area contributed by atoms with E-state index in [1.54, 1.807) is 0 Å². The van der Waals surface area contributed by atoms with E-state index in [4.69, 9.17) is 29.1 Å². The molecule has 4 N–H and O–H groups in total. The average molecular weight is 303 g/mol. The third kappa shape index (κ3) is 2.06. The summed E-state index contributed by atoms with van der Waals surface area (Å²) in [6.45, 7) is -0.806. The summed E-state index contributed by atoms with van der Waals surface area (Å²) in [5, 5.41) is 19.0. The Morgan fingerprint density at radius 1 is 1.70 bits per heavy atom. The molecule has 2 heterocycles. The van der Waals surface area contributed by atoms with Gasteiger partial charge in [-0.2, -0.15) is 4.98 Å². The van der Waals surface area contributed by atoms with Crippen LogP contribution in [0.5, 0.6) is 0 Å². The normalized spacial score (nSPS) is 33.0. The number of nitrogens with zero attached hydrogens (tertiary/aromatic N) is 2. The molecule has 0 saturated carbocycles. The lowest BCUT2D eigenvalue weighted by molar-refractivity contribution is -0.0919. The minimum Gasteiger partial charge on any atom is -0.392 e. The van der Waals surface area contributed by atoms with Gasteiger partial charge in [-0.1, -0.05) is 5.92 Å². The smallest absolute Gasteiger partial charge is 0.203 e. The van der Waals surface area contributed by atoms with Crippen molar-refractivity contribution < 1.29 is 23.7 Å². The quantitative estimate of drug-likeness (QED) is 0.523. The number of ether oxygens (including phenoxy) is 1. The fourth-order valence-corrected chi connectivity index (χ4v) is 2.16. The Morgan fingerprint density at radius 2 is 2.35 bits per heavy atom. The molecule has 2 rings (SSSR count). The highest BCUT2D eigenvalue weighted by Gasteiger charge is 2.55. The van der Waals surface area contributed by atoms with Crippen LogP contribution < -0.4 is 5.73 Å². The summed E-state index contributed by atoms with van der Waals surface area (Å²) in [5.74, 6) is 0.640. The number of halogens is 2. The molecule has 108 valence electrons. The van der Waals surface area contributed by atoms with E-state index in [2.05, 4.69) is 4.98 Å². The third-order valence-corrected chi connectivity index (χ3v) is 3.37. The number of terminal acetylenes is 1. The first kappa shape index (κ1) is 14.8. The Labute approximate surface area is 117 Å². The molecule has 20 heavy (non-hydrogen) atoms. The van der Waals surface area contributed by atoms with Gasteiger partial charge in [-0.25, -0.2) is 8.78 Å². The van der Waals surface area contributed by atoms with E-state index in [-0.39, 0.29) is 4.77 Å². The Bertz CT molecular complexity index is 632. The second kappa shape index (κ2) is 5.06. The molecule has 0 spiro atoms. The zero-order chi connectivity index (χ0) is 15.1. The topological polar surface area (TPSA) is 93.5 Å². The van der Waals surface area contributed by atoms with E-state index in [1.165, 1.54) is 0 Å². The van der Waals surface area contributed by atoms with Gasteiger partial charge in [0.25, 0.3) is 0 Å². The maximum absolute atomic E-state index is 14.1. The number of hydrogen-bond acceptors (Lipinski definition) is 6. The van der Waals surface area contributed by atoms with Gasteiger partial charge in [0.05, 0.1) is 6.61 Å². The molecule has 1 aliphatic rings. The predicted octanol–water partition coefficient (Wildman–Crippen LogP) is -0.0740. The van der Waals surface area contributed by atoms with Crippen LogP contribution in [0.2, 0.25) is 0 Å². The van der Waals surface area contributed by atoms with E-state index in [1.807, 2.05) is 5.92 Å². The summed E-state index contributed by atoms with van der Waals surface area (Å²) in [6, 6.07) is 0. The first-order valence-electron chi connectivity index (χ1n) is 5.49. The number of rotatable bonds is 2. The molecule has 1 aromatic rings. The number of aliphatic hydroxyl groups is 2. The van der Waals surface area contributed by atoms with Crippen molar-refractivity contribution >= 4 is 18.0 Å². The van der Waals surface area contributed by atoms with Crippen molar-refractivity contribution in [1.82, 2.24) is 9.55 Å². The van der Waals surface area contributed by atoms with Crippen molar-refractivity contribution in [2.45, 2.75) is 24.1 Å². The zero-order valence-electron chi connectivity index (χ0n) is 10.0. The number of nitrogen functional groups attached to an aromatic ring is 1. The van der Waals surface area contributed by atoms with Crippen LogP contribution in [0.15, 0.2) is 6.20 Å². The molecular weight excluding hydrogens is 292 g/mol. The predicted molar refractivity (Wildman–Crippen MR) is 67.1 cm³/mol. The summed E-state index contributed by atoms with van der Waals surface area (Å²) in [6.07, 6.45) is 0.645. The molecule has 6 nitrogen and oxygen atoms in total. The van der Waals surface area contributed by atoms with Crippen LogP contribution in [0.1, 0.15) is 6.23 Å².